The molecule has 2 aromatic carbocycles. The number of nitrogens with one attached hydrogen (secondary N) is 1. The van der Waals surface area contributed by atoms with Crippen molar-refractivity contribution in [1.82, 2.24) is 10.3 Å². The summed E-state index contributed by atoms with van der Waals surface area (Å²) in [6.45, 7) is 0. The van der Waals surface area contributed by atoms with Gasteiger partial charge in [0.15, 0.2) is 11.0 Å². The van der Waals surface area contributed by atoms with Crippen molar-refractivity contribution in [3.8, 4) is 0 Å². The Morgan fingerprint density at radius 1 is 1.00 bits per heavy atom. The predicted octanol–water partition coefficient (Wildman–Crippen LogP) is 3.86. The number of anilines is 3. The maximum Gasteiger partial charge on any atom is 0.160 e. The molecule has 96 valence electrons. The van der Waals surface area contributed by atoms with Gasteiger partial charge in [0.1, 0.15) is 0 Å². The van der Waals surface area contributed by atoms with Gasteiger partial charge in [-0.2, -0.15) is 0 Å². The zero-order valence-electron chi connectivity index (χ0n) is 9.52. The minimum Gasteiger partial charge on any atom is -0.397 e. The highest BCUT2D eigenvalue weighted by Crippen LogP contribution is 2.32. The van der Waals surface area contributed by atoms with Crippen LogP contribution in [0.2, 0.25) is 10.0 Å². The monoisotopic (exact) mass is 294 g/mol. The van der Waals surface area contributed by atoms with Crippen molar-refractivity contribution in [2.45, 2.75) is 0 Å². The van der Waals surface area contributed by atoms with E-state index < -0.39 is 0 Å². The van der Waals surface area contributed by atoms with Crippen molar-refractivity contribution in [2.24, 2.45) is 0 Å². The van der Waals surface area contributed by atoms with Crippen LogP contribution in [0.4, 0.5) is 17.1 Å². The lowest BCUT2D eigenvalue weighted by Crippen LogP contribution is -1.94. The van der Waals surface area contributed by atoms with Gasteiger partial charge in [-0.15, -0.1) is 0 Å². The van der Waals surface area contributed by atoms with Crippen LogP contribution >= 0.6 is 23.2 Å². The van der Waals surface area contributed by atoms with E-state index >= 15 is 0 Å². The number of nitrogens with two attached hydrogens (primary N) is 1. The summed E-state index contributed by atoms with van der Waals surface area (Å²) in [6, 6.07) is 8.68. The molecular formula is C12H8Cl2N4O. The lowest BCUT2D eigenvalue weighted by atomic mass is 10.2. The molecule has 0 saturated heterocycles. The van der Waals surface area contributed by atoms with Crippen LogP contribution in [0.25, 0.3) is 11.0 Å². The van der Waals surface area contributed by atoms with E-state index in [0.29, 0.717) is 38.1 Å². The fourth-order valence-electron chi connectivity index (χ4n) is 1.72. The molecule has 1 aromatic heterocycles. The summed E-state index contributed by atoms with van der Waals surface area (Å²) < 4.78 is 4.70. The normalized spacial score (nSPS) is 10.8. The number of nitrogen functional groups attached to an aromatic ring is 1. The van der Waals surface area contributed by atoms with Crippen molar-refractivity contribution in [1.29, 1.82) is 0 Å². The van der Waals surface area contributed by atoms with Crippen molar-refractivity contribution in [3.05, 3.63) is 40.4 Å². The molecule has 0 aliphatic carbocycles. The summed E-state index contributed by atoms with van der Waals surface area (Å²) in [5.74, 6) is 0. The van der Waals surface area contributed by atoms with Crippen LogP contribution in [0.1, 0.15) is 0 Å². The second-order valence-corrected chi connectivity index (χ2v) is 4.76. The average molecular weight is 295 g/mol. The van der Waals surface area contributed by atoms with Crippen LogP contribution in [0.5, 0.6) is 0 Å². The van der Waals surface area contributed by atoms with Gasteiger partial charge < -0.3 is 11.1 Å². The summed E-state index contributed by atoms with van der Waals surface area (Å²) in [5.41, 5.74) is 8.75. The topological polar surface area (TPSA) is 77.0 Å². The maximum absolute atomic E-state index is 6.10. The van der Waals surface area contributed by atoms with Crippen molar-refractivity contribution in [3.63, 3.8) is 0 Å². The standard InChI is InChI=1S/C12H8Cl2N4O/c13-6-1-3-9(7(14)5-6)16-10-4-2-8(15)11-12(10)18-19-17-11/h1-5,16H,15H2. The Morgan fingerprint density at radius 2 is 1.74 bits per heavy atom. The van der Waals surface area contributed by atoms with Crippen LogP contribution in [0.3, 0.4) is 0 Å². The van der Waals surface area contributed by atoms with Gasteiger partial charge in [-0.3, -0.25) is 0 Å². The number of fused-ring (bicyclic) bond motifs is 1. The second-order valence-electron chi connectivity index (χ2n) is 3.91. The molecule has 3 aromatic rings. The van der Waals surface area contributed by atoms with E-state index in [1.165, 1.54) is 0 Å². The Kier molecular flexibility index (Phi) is 2.93. The van der Waals surface area contributed by atoms with E-state index in [0.717, 1.165) is 0 Å². The maximum atomic E-state index is 6.10. The molecule has 0 bridgehead atoms. The Balaban J connectivity index is 2.06. The molecule has 0 atom stereocenters. The molecule has 7 heteroatoms. The van der Waals surface area contributed by atoms with Gasteiger partial charge in [0.2, 0.25) is 0 Å². The minimum atomic E-state index is 0.504. The number of benzene rings is 2. The molecule has 5 nitrogen and oxygen atoms in total. The van der Waals surface area contributed by atoms with Crippen molar-refractivity contribution < 1.29 is 4.63 Å². The van der Waals surface area contributed by atoms with Crippen LogP contribution in [0.15, 0.2) is 35.0 Å². The Labute approximate surface area is 118 Å². The lowest BCUT2D eigenvalue weighted by Gasteiger charge is -2.09. The summed E-state index contributed by atoms with van der Waals surface area (Å²) in [7, 11) is 0. The first-order valence-electron chi connectivity index (χ1n) is 5.38. The van der Waals surface area contributed by atoms with Gasteiger partial charge in [0, 0.05) is 5.02 Å². The lowest BCUT2D eigenvalue weighted by molar-refractivity contribution is 0.316. The zero-order chi connectivity index (χ0) is 13.4. The molecule has 3 N–H and O–H groups in total. The molecule has 19 heavy (non-hydrogen) atoms. The summed E-state index contributed by atoms with van der Waals surface area (Å²) in [5, 5.41) is 11.8. The first-order valence-corrected chi connectivity index (χ1v) is 6.13. The van der Waals surface area contributed by atoms with E-state index in [1.54, 1.807) is 30.3 Å². The minimum absolute atomic E-state index is 0.504. The SMILES string of the molecule is Nc1ccc(Nc2ccc(Cl)cc2Cl)c2nonc12. The van der Waals surface area contributed by atoms with Gasteiger partial charge >= 0.3 is 0 Å². The summed E-state index contributed by atoms with van der Waals surface area (Å²) in [4.78, 5) is 0. The average Bonchev–Trinajstić information content (AvgIpc) is 2.86. The number of aromatic nitrogens is 2. The number of nitrogens with zero attached hydrogens (tertiary/aromatic N) is 2. The van der Waals surface area contributed by atoms with Crippen LogP contribution in [-0.4, -0.2) is 10.3 Å². The number of hydrogen-bond donors (Lipinski definition) is 2. The zero-order valence-corrected chi connectivity index (χ0v) is 11.0. The Morgan fingerprint density at radius 3 is 2.53 bits per heavy atom. The smallest absolute Gasteiger partial charge is 0.160 e. The fourth-order valence-corrected chi connectivity index (χ4v) is 2.18. The van der Waals surface area contributed by atoms with E-state index in [4.69, 9.17) is 33.6 Å². The van der Waals surface area contributed by atoms with E-state index in [2.05, 4.69) is 15.6 Å². The molecule has 0 spiro atoms. The molecule has 3 rings (SSSR count). The molecule has 0 saturated carbocycles. The van der Waals surface area contributed by atoms with Crippen LogP contribution in [0, 0.1) is 0 Å². The van der Waals surface area contributed by atoms with Gasteiger partial charge in [0.05, 0.1) is 22.1 Å². The molecule has 1 heterocycles. The molecule has 0 aliphatic rings. The van der Waals surface area contributed by atoms with Gasteiger partial charge in [-0.25, -0.2) is 4.63 Å². The van der Waals surface area contributed by atoms with Crippen LogP contribution in [-0.2, 0) is 0 Å². The van der Waals surface area contributed by atoms with Gasteiger partial charge in [-0.1, -0.05) is 23.2 Å². The quantitative estimate of drug-likeness (QED) is 0.702. The fraction of sp³-hybridized carbons (Fsp3) is 0. The third-order valence-electron chi connectivity index (χ3n) is 2.65. The van der Waals surface area contributed by atoms with E-state index in [1.807, 2.05) is 0 Å². The number of hydrogen-bond acceptors (Lipinski definition) is 5. The van der Waals surface area contributed by atoms with Crippen molar-refractivity contribution >= 4 is 51.3 Å². The molecule has 0 unspecified atom stereocenters. The highest BCUT2D eigenvalue weighted by Gasteiger charge is 2.11. The molecular weight excluding hydrogens is 287 g/mol. The summed E-state index contributed by atoms with van der Waals surface area (Å²) in [6.07, 6.45) is 0. The number of rotatable bonds is 2. The van der Waals surface area contributed by atoms with Gasteiger partial charge in [0.25, 0.3) is 0 Å². The third-order valence-corrected chi connectivity index (χ3v) is 3.19. The third kappa shape index (κ3) is 2.18. The predicted molar refractivity (Wildman–Crippen MR) is 76.0 cm³/mol. The van der Waals surface area contributed by atoms with E-state index in [9.17, 15) is 0 Å². The largest absolute Gasteiger partial charge is 0.397 e. The Bertz CT molecular complexity index is 757. The second kappa shape index (κ2) is 4.60. The van der Waals surface area contributed by atoms with Gasteiger partial charge in [-0.05, 0) is 40.6 Å². The first kappa shape index (κ1) is 12.1. The highest BCUT2D eigenvalue weighted by molar-refractivity contribution is 6.36. The van der Waals surface area contributed by atoms with Crippen molar-refractivity contribution in [2.75, 3.05) is 11.1 Å². The Hall–Kier alpha value is -1.98. The molecule has 0 aliphatic heterocycles. The number of halogens is 2. The highest BCUT2D eigenvalue weighted by atomic mass is 35.5. The molecule has 0 radical (unpaired) electrons. The first-order chi connectivity index (χ1) is 9.15. The van der Waals surface area contributed by atoms with Crippen LogP contribution < -0.4 is 11.1 Å². The van der Waals surface area contributed by atoms with E-state index in [-0.39, 0.29) is 0 Å². The molecule has 0 amide bonds. The summed E-state index contributed by atoms with van der Waals surface area (Å²) >= 11 is 12.0. The molecule has 0 fully saturated rings.